The first-order valence-corrected chi connectivity index (χ1v) is 6.54. The number of carboxylic acid groups (broad SMARTS) is 1. The fourth-order valence-corrected chi connectivity index (χ4v) is 2.40. The fourth-order valence-electron chi connectivity index (χ4n) is 1.17. The predicted octanol–water partition coefficient (Wildman–Crippen LogP) is 0.160. The number of carbonyl (C=O) groups is 2. The second-order valence-electron chi connectivity index (χ2n) is 3.65. The zero-order valence-electron chi connectivity index (χ0n) is 10.5. The Bertz CT molecular complexity index is 589. The summed E-state index contributed by atoms with van der Waals surface area (Å²) in [7, 11) is -1.90. The van der Waals surface area contributed by atoms with Crippen LogP contribution in [-0.2, 0) is 19.6 Å². The van der Waals surface area contributed by atoms with Gasteiger partial charge in [0.05, 0.1) is 7.11 Å². The van der Waals surface area contributed by atoms with Gasteiger partial charge in [-0.2, -0.15) is 4.31 Å². The summed E-state index contributed by atoms with van der Waals surface area (Å²) in [5, 5.41) is 8.26. The Kier molecular flexibility index (Phi) is 4.32. The van der Waals surface area contributed by atoms with E-state index in [2.05, 4.69) is 4.74 Å². The number of hydrogen-bond donors (Lipinski definition) is 1. The van der Waals surface area contributed by atoms with Crippen molar-refractivity contribution in [1.82, 2.24) is 4.31 Å². The highest BCUT2D eigenvalue weighted by Gasteiger charge is 2.32. The van der Waals surface area contributed by atoms with Gasteiger partial charge in [0.2, 0.25) is 10.9 Å². The number of aliphatic carboxylic acids is 1. The summed E-state index contributed by atoms with van der Waals surface area (Å²) < 4.78 is 33.9. The Labute approximate surface area is 109 Å². The topological polar surface area (TPSA) is 114 Å². The molecule has 0 aliphatic heterocycles. The zero-order valence-corrected chi connectivity index (χ0v) is 11.3. The molecule has 0 amide bonds. The van der Waals surface area contributed by atoms with E-state index in [1.54, 1.807) is 0 Å². The monoisotopic (exact) mass is 291 g/mol. The molecule has 0 saturated heterocycles. The molecule has 1 unspecified atom stereocenters. The third-order valence-corrected chi connectivity index (χ3v) is 4.31. The van der Waals surface area contributed by atoms with Crippen LogP contribution < -0.4 is 0 Å². The van der Waals surface area contributed by atoms with Crippen molar-refractivity contribution in [2.45, 2.75) is 18.1 Å². The standard InChI is InChI=1S/C10H13NO7S/c1-6(9(12)13)11(2)19(15,16)8-5-4-7(18-8)10(14)17-3/h4-6H,1-3H3,(H,12,13). The molecule has 1 heterocycles. The quantitative estimate of drug-likeness (QED) is 0.768. The Morgan fingerprint density at radius 2 is 2.00 bits per heavy atom. The molecule has 9 heteroatoms. The molecule has 0 aliphatic rings. The molecule has 0 spiro atoms. The second kappa shape index (κ2) is 5.41. The van der Waals surface area contributed by atoms with Gasteiger partial charge in [-0.25, -0.2) is 13.2 Å². The van der Waals surface area contributed by atoms with Gasteiger partial charge in [-0.05, 0) is 19.1 Å². The smallest absolute Gasteiger partial charge is 0.374 e. The highest BCUT2D eigenvalue weighted by Crippen LogP contribution is 2.20. The Morgan fingerprint density at radius 1 is 1.42 bits per heavy atom. The summed E-state index contributed by atoms with van der Waals surface area (Å²) in [5.74, 6) is -2.40. The molecular weight excluding hydrogens is 278 g/mol. The van der Waals surface area contributed by atoms with E-state index < -0.39 is 33.1 Å². The Balaban J connectivity index is 3.10. The average Bonchev–Trinajstić information content (AvgIpc) is 2.85. The summed E-state index contributed by atoms with van der Waals surface area (Å²) >= 11 is 0. The minimum absolute atomic E-state index is 0.280. The van der Waals surface area contributed by atoms with Gasteiger partial charge >= 0.3 is 11.9 Å². The van der Waals surface area contributed by atoms with Crippen LogP contribution >= 0.6 is 0 Å². The summed E-state index contributed by atoms with van der Waals surface area (Å²) in [6.45, 7) is 1.21. The number of esters is 1. The number of rotatable bonds is 5. The maximum atomic E-state index is 12.0. The number of furan rings is 1. The van der Waals surface area contributed by atoms with E-state index in [4.69, 9.17) is 9.52 Å². The lowest BCUT2D eigenvalue weighted by Gasteiger charge is -2.19. The third-order valence-electron chi connectivity index (χ3n) is 2.50. The largest absolute Gasteiger partial charge is 0.480 e. The van der Waals surface area contributed by atoms with Crippen molar-refractivity contribution in [1.29, 1.82) is 0 Å². The lowest BCUT2D eigenvalue weighted by atomic mass is 10.4. The van der Waals surface area contributed by atoms with Crippen LogP contribution in [0.5, 0.6) is 0 Å². The lowest BCUT2D eigenvalue weighted by molar-refractivity contribution is -0.140. The van der Waals surface area contributed by atoms with Crippen LogP contribution in [0.4, 0.5) is 0 Å². The van der Waals surface area contributed by atoms with Gasteiger partial charge in [-0.3, -0.25) is 4.79 Å². The lowest BCUT2D eigenvalue weighted by Crippen LogP contribution is -2.40. The molecule has 0 aromatic carbocycles. The van der Waals surface area contributed by atoms with Crippen LogP contribution in [0.3, 0.4) is 0 Å². The van der Waals surface area contributed by atoms with Crippen molar-refractivity contribution in [2.24, 2.45) is 0 Å². The minimum atomic E-state index is -4.13. The van der Waals surface area contributed by atoms with Gasteiger partial charge in [0.15, 0.2) is 0 Å². The van der Waals surface area contributed by atoms with Gasteiger partial charge < -0.3 is 14.3 Å². The van der Waals surface area contributed by atoms with Crippen LogP contribution in [0.25, 0.3) is 0 Å². The van der Waals surface area contributed by atoms with Crippen LogP contribution in [-0.4, -0.2) is 50.0 Å². The van der Waals surface area contributed by atoms with Crippen molar-refractivity contribution in [3.05, 3.63) is 17.9 Å². The van der Waals surface area contributed by atoms with Gasteiger partial charge in [0, 0.05) is 7.05 Å². The van der Waals surface area contributed by atoms with Gasteiger partial charge in [0.25, 0.3) is 10.0 Å². The van der Waals surface area contributed by atoms with E-state index in [1.807, 2.05) is 0 Å². The normalized spacial score (nSPS) is 13.3. The molecule has 0 fully saturated rings. The number of ether oxygens (including phenoxy) is 1. The molecule has 1 rings (SSSR count). The first kappa shape index (κ1) is 15.2. The number of carbonyl (C=O) groups excluding carboxylic acids is 1. The van der Waals surface area contributed by atoms with E-state index in [0.717, 1.165) is 26.3 Å². The number of methoxy groups -OCH3 is 1. The summed E-state index contributed by atoms with van der Waals surface area (Å²) in [5.41, 5.74) is 0. The molecular formula is C10H13NO7S. The molecule has 0 bridgehead atoms. The first-order valence-electron chi connectivity index (χ1n) is 5.10. The van der Waals surface area contributed by atoms with Gasteiger partial charge in [-0.15, -0.1) is 0 Å². The number of hydrogen-bond acceptors (Lipinski definition) is 6. The van der Waals surface area contributed by atoms with E-state index >= 15 is 0 Å². The molecule has 0 saturated carbocycles. The molecule has 0 radical (unpaired) electrons. The maximum Gasteiger partial charge on any atom is 0.374 e. The van der Waals surface area contributed by atoms with Crippen LogP contribution in [0.2, 0.25) is 0 Å². The first-order chi connectivity index (χ1) is 8.71. The SMILES string of the molecule is COC(=O)c1ccc(S(=O)(=O)N(C)C(C)C(=O)O)o1. The Morgan fingerprint density at radius 3 is 2.47 bits per heavy atom. The highest BCUT2D eigenvalue weighted by molar-refractivity contribution is 7.89. The third kappa shape index (κ3) is 2.93. The van der Waals surface area contributed by atoms with E-state index in [0.29, 0.717) is 4.31 Å². The summed E-state index contributed by atoms with van der Waals surface area (Å²) in [6.07, 6.45) is 0. The number of sulfonamides is 1. The number of nitrogens with zero attached hydrogens (tertiary/aromatic N) is 1. The predicted molar refractivity (Wildman–Crippen MR) is 62.1 cm³/mol. The molecule has 106 valence electrons. The minimum Gasteiger partial charge on any atom is -0.480 e. The molecule has 19 heavy (non-hydrogen) atoms. The van der Waals surface area contributed by atoms with Crippen LogP contribution in [0.15, 0.2) is 21.6 Å². The average molecular weight is 291 g/mol. The highest BCUT2D eigenvalue weighted by atomic mass is 32.2. The van der Waals surface area contributed by atoms with Gasteiger partial charge in [0.1, 0.15) is 6.04 Å². The maximum absolute atomic E-state index is 12.0. The second-order valence-corrected chi connectivity index (χ2v) is 5.57. The van der Waals surface area contributed by atoms with E-state index in [-0.39, 0.29) is 5.76 Å². The fraction of sp³-hybridized carbons (Fsp3) is 0.400. The molecule has 1 aromatic rings. The van der Waals surface area contributed by atoms with Crippen molar-refractivity contribution >= 4 is 22.0 Å². The van der Waals surface area contributed by atoms with Crippen LogP contribution in [0.1, 0.15) is 17.5 Å². The van der Waals surface area contributed by atoms with Crippen molar-refractivity contribution in [3.63, 3.8) is 0 Å². The number of carboxylic acids is 1. The number of likely N-dealkylation sites (N-methyl/N-ethyl adjacent to an activating group) is 1. The molecule has 1 N–H and O–H groups in total. The Hall–Kier alpha value is -1.87. The molecule has 8 nitrogen and oxygen atoms in total. The summed E-state index contributed by atoms with van der Waals surface area (Å²) in [4.78, 5) is 21.9. The molecule has 1 atom stereocenters. The van der Waals surface area contributed by atoms with Crippen molar-refractivity contribution in [3.8, 4) is 0 Å². The van der Waals surface area contributed by atoms with E-state index in [9.17, 15) is 18.0 Å². The zero-order chi connectivity index (χ0) is 14.8. The molecule has 1 aromatic heterocycles. The molecule has 0 aliphatic carbocycles. The van der Waals surface area contributed by atoms with Crippen LogP contribution in [0, 0.1) is 0 Å². The summed E-state index contributed by atoms with van der Waals surface area (Å²) in [6, 6.07) is 0.932. The van der Waals surface area contributed by atoms with Crippen molar-refractivity contribution < 1.29 is 32.3 Å². The van der Waals surface area contributed by atoms with Crippen molar-refractivity contribution in [2.75, 3.05) is 14.2 Å². The van der Waals surface area contributed by atoms with Gasteiger partial charge in [-0.1, -0.05) is 0 Å². The van der Waals surface area contributed by atoms with E-state index in [1.165, 1.54) is 6.92 Å².